The van der Waals surface area contributed by atoms with E-state index in [2.05, 4.69) is 19.1 Å². The van der Waals surface area contributed by atoms with E-state index >= 15 is 0 Å². The van der Waals surface area contributed by atoms with Gasteiger partial charge in [-0.05, 0) is 44.2 Å². The quantitative estimate of drug-likeness (QED) is 0.0740. The molecule has 0 aromatic heterocycles. The summed E-state index contributed by atoms with van der Waals surface area (Å²) in [5, 5.41) is 38.0. The second-order valence-electron chi connectivity index (χ2n) is 9.13. The van der Waals surface area contributed by atoms with E-state index in [0.717, 1.165) is 50.7 Å². The molecule has 0 radical (unpaired) electrons. The first-order valence-electron chi connectivity index (χ1n) is 13.3. The van der Waals surface area contributed by atoms with E-state index in [1.165, 1.54) is 44.9 Å². The molecular weight excluding hydrogens is 464 g/mol. The van der Waals surface area contributed by atoms with Crippen LogP contribution in [0.1, 0.15) is 107 Å². The van der Waals surface area contributed by atoms with Crippen LogP contribution < -0.4 is 0 Å². The molecule has 1 atom stereocenters. The van der Waals surface area contributed by atoms with Gasteiger partial charge in [-0.25, -0.2) is 4.79 Å². The molecule has 0 amide bonds. The molecule has 204 valence electrons. The van der Waals surface area contributed by atoms with Crippen LogP contribution in [-0.4, -0.2) is 51.7 Å². The second-order valence-corrected chi connectivity index (χ2v) is 9.13. The van der Waals surface area contributed by atoms with Crippen LogP contribution in [-0.2, 0) is 14.3 Å². The fourth-order valence-corrected chi connectivity index (χ4v) is 3.63. The van der Waals surface area contributed by atoms with Crippen molar-refractivity contribution in [3.05, 3.63) is 29.8 Å². The molecule has 0 spiro atoms. The Morgan fingerprint density at radius 2 is 1.28 bits per heavy atom. The molecule has 0 saturated carbocycles. The third-order valence-corrected chi connectivity index (χ3v) is 5.79. The number of phenols is 3. The van der Waals surface area contributed by atoms with Gasteiger partial charge in [0.1, 0.15) is 19.3 Å². The fourth-order valence-electron chi connectivity index (χ4n) is 3.63. The summed E-state index contributed by atoms with van der Waals surface area (Å²) in [6.07, 6.45) is 19.0. The third-order valence-electron chi connectivity index (χ3n) is 5.79. The smallest absolute Gasteiger partial charge is 0.338 e. The highest BCUT2D eigenvalue weighted by molar-refractivity contribution is 5.91. The first kappa shape index (κ1) is 31.3. The monoisotopic (exact) mass is 508 g/mol. The molecule has 0 aliphatic heterocycles. The average molecular weight is 509 g/mol. The lowest BCUT2D eigenvalue weighted by atomic mass is 10.1. The SMILES string of the molecule is CCCCCCCC/C=C\CCCCCCCC(=O)OCC(O)COC(=O)c1cc(O)c(O)c(O)c1. The average Bonchev–Trinajstić information content (AvgIpc) is 2.86. The molecule has 8 heteroatoms. The Morgan fingerprint density at radius 3 is 1.86 bits per heavy atom. The third kappa shape index (κ3) is 14.6. The van der Waals surface area contributed by atoms with Gasteiger partial charge in [0.05, 0.1) is 5.56 Å². The number of aliphatic hydroxyl groups excluding tert-OH is 1. The molecule has 0 saturated heterocycles. The normalized spacial score (nSPS) is 12.1. The summed E-state index contributed by atoms with van der Waals surface area (Å²) in [7, 11) is 0. The highest BCUT2D eigenvalue weighted by Crippen LogP contribution is 2.35. The van der Waals surface area contributed by atoms with E-state index in [-0.39, 0.29) is 18.6 Å². The Bertz CT molecular complexity index is 767. The second kappa shape index (κ2) is 19.4. The van der Waals surface area contributed by atoms with Crippen molar-refractivity contribution in [2.75, 3.05) is 13.2 Å². The predicted molar refractivity (Wildman–Crippen MR) is 138 cm³/mol. The van der Waals surface area contributed by atoms with Crippen molar-refractivity contribution in [2.24, 2.45) is 0 Å². The molecule has 0 bridgehead atoms. The summed E-state index contributed by atoms with van der Waals surface area (Å²) in [5.74, 6) is -3.42. The Morgan fingerprint density at radius 1 is 0.778 bits per heavy atom. The number of hydrogen-bond acceptors (Lipinski definition) is 8. The summed E-state index contributed by atoms with van der Waals surface area (Å²) in [4.78, 5) is 23.7. The molecule has 0 fully saturated rings. The number of rotatable bonds is 20. The predicted octanol–water partition coefficient (Wildman–Crippen LogP) is 5.90. The summed E-state index contributed by atoms with van der Waals surface area (Å²) < 4.78 is 9.89. The molecule has 1 aromatic rings. The summed E-state index contributed by atoms with van der Waals surface area (Å²) >= 11 is 0. The minimum Gasteiger partial charge on any atom is -0.504 e. The Hall–Kier alpha value is -2.74. The highest BCUT2D eigenvalue weighted by atomic mass is 16.6. The molecule has 0 aliphatic carbocycles. The minimum absolute atomic E-state index is 0.198. The van der Waals surface area contributed by atoms with Crippen LogP contribution in [0.25, 0.3) is 0 Å². The van der Waals surface area contributed by atoms with Crippen molar-refractivity contribution in [2.45, 2.75) is 103 Å². The maximum atomic E-state index is 11.9. The van der Waals surface area contributed by atoms with Gasteiger partial charge in [0.25, 0.3) is 0 Å². The van der Waals surface area contributed by atoms with Gasteiger partial charge in [-0.2, -0.15) is 0 Å². The summed E-state index contributed by atoms with van der Waals surface area (Å²) in [5.41, 5.74) is -0.198. The van der Waals surface area contributed by atoms with Gasteiger partial charge in [0, 0.05) is 6.42 Å². The number of benzene rings is 1. The summed E-state index contributed by atoms with van der Waals surface area (Å²) in [6, 6.07) is 1.86. The van der Waals surface area contributed by atoms with Crippen LogP contribution >= 0.6 is 0 Å². The zero-order valence-electron chi connectivity index (χ0n) is 21.6. The molecule has 0 aliphatic rings. The van der Waals surface area contributed by atoms with Crippen LogP contribution in [0.4, 0.5) is 0 Å². The largest absolute Gasteiger partial charge is 0.504 e. The standard InChI is InChI=1S/C28H44O8/c1-2-3-4-5-6-7-8-9-10-11-12-13-14-15-16-17-26(32)35-20-23(29)21-36-28(34)22-18-24(30)27(33)25(31)19-22/h9-10,18-19,23,29-31,33H,2-8,11-17,20-21H2,1H3/b10-9-. The van der Waals surface area contributed by atoms with E-state index in [1.54, 1.807) is 0 Å². The van der Waals surface area contributed by atoms with Crippen molar-refractivity contribution in [3.8, 4) is 17.2 Å². The number of carbonyl (C=O) groups is 2. The number of unbranched alkanes of at least 4 members (excludes halogenated alkanes) is 11. The molecule has 1 rings (SSSR count). The lowest BCUT2D eigenvalue weighted by molar-refractivity contribution is -0.147. The van der Waals surface area contributed by atoms with Crippen molar-refractivity contribution in [3.63, 3.8) is 0 Å². The zero-order chi connectivity index (χ0) is 26.6. The number of esters is 2. The Labute approximate surface area is 214 Å². The lowest BCUT2D eigenvalue weighted by Crippen LogP contribution is -2.25. The van der Waals surface area contributed by atoms with Crippen LogP contribution in [0, 0.1) is 0 Å². The maximum Gasteiger partial charge on any atom is 0.338 e. The van der Waals surface area contributed by atoms with Crippen molar-refractivity contribution in [1.82, 2.24) is 0 Å². The topological polar surface area (TPSA) is 134 Å². The first-order chi connectivity index (χ1) is 17.3. The number of ether oxygens (including phenoxy) is 2. The molecule has 4 N–H and O–H groups in total. The van der Waals surface area contributed by atoms with E-state index in [9.17, 15) is 30.0 Å². The van der Waals surface area contributed by atoms with Gasteiger partial charge in [-0.15, -0.1) is 0 Å². The van der Waals surface area contributed by atoms with Crippen LogP contribution in [0.3, 0.4) is 0 Å². The molecule has 1 aromatic carbocycles. The molecule has 36 heavy (non-hydrogen) atoms. The molecule has 1 unspecified atom stereocenters. The van der Waals surface area contributed by atoms with Crippen LogP contribution in [0.2, 0.25) is 0 Å². The van der Waals surface area contributed by atoms with Gasteiger partial charge in [0.2, 0.25) is 0 Å². The van der Waals surface area contributed by atoms with Gasteiger partial charge in [0.15, 0.2) is 17.2 Å². The van der Waals surface area contributed by atoms with E-state index < -0.39 is 41.9 Å². The van der Waals surface area contributed by atoms with Crippen LogP contribution in [0.5, 0.6) is 17.2 Å². The Kier molecular flexibility index (Phi) is 16.9. The van der Waals surface area contributed by atoms with Crippen LogP contribution in [0.15, 0.2) is 24.3 Å². The van der Waals surface area contributed by atoms with Gasteiger partial charge >= 0.3 is 11.9 Å². The maximum absolute atomic E-state index is 11.9. The number of carbonyl (C=O) groups excluding carboxylic acids is 2. The number of aliphatic hydroxyl groups is 1. The number of hydrogen-bond donors (Lipinski definition) is 4. The molecule has 0 heterocycles. The lowest BCUT2D eigenvalue weighted by Gasteiger charge is -2.12. The Balaban J connectivity index is 2.00. The zero-order valence-corrected chi connectivity index (χ0v) is 21.6. The number of allylic oxidation sites excluding steroid dienone is 2. The van der Waals surface area contributed by atoms with E-state index in [4.69, 9.17) is 9.47 Å². The highest BCUT2D eigenvalue weighted by Gasteiger charge is 2.17. The number of phenolic OH excluding ortho intramolecular Hbond substituents is 3. The minimum atomic E-state index is -1.20. The van der Waals surface area contributed by atoms with Gasteiger partial charge < -0.3 is 29.9 Å². The van der Waals surface area contributed by atoms with Crippen molar-refractivity contribution < 1.29 is 39.5 Å². The first-order valence-corrected chi connectivity index (χ1v) is 13.3. The fraction of sp³-hybridized carbons (Fsp3) is 0.643. The van der Waals surface area contributed by atoms with Crippen molar-refractivity contribution >= 4 is 11.9 Å². The van der Waals surface area contributed by atoms with E-state index in [0.29, 0.717) is 0 Å². The molecule has 8 nitrogen and oxygen atoms in total. The van der Waals surface area contributed by atoms with Gasteiger partial charge in [-0.3, -0.25) is 4.79 Å². The molecular formula is C28H44O8. The number of aromatic hydroxyl groups is 3. The summed E-state index contributed by atoms with van der Waals surface area (Å²) in [6.45, 7) is 1.51. The van der Waals surface area contributed by atoms with Gasteiger partial charge in [-0.1, -0.05) is 70.4 Å². The van der Waals surface area contributed by atoms with E-state index in [1.807, 2.05) is 0 Å². The van der Waals surface area contributed by atoms with Crippen molar-refractivity contribution in [1.29, 1.82) is 0 Å².